The van der Waals surface area contributed by atoms with Gasteiger partial charge in [-0.1, -0.05) is 67.3 Å². The molecule has 1 aliphatic rings. The van der Waals surface area contributed by atoms with Gasteiger partial charge >= 0.3 is 0 Å². The minimum Gasteiger partial charge on any atom is -0.493 e. The highest BCUT2D eigenvalue weighted by Gasteiger charge is 2.33. The van der Waals surface area contributed by atoms with Crippen LogP contribution in [-0.2, 0) is 16.0 Å². The van der Waals surface area contributed by atoms with Crippen LogP contribution in [0.1, 0.15) is 23.6 Å². The third-order valence-corrected chi connectivity index (χ3v) is 6.87. The maximum atomic E-state index is 13.1. The molecule has 0 bridgehead atoms. The van der Waals surface area contributed by atoms with E-state index in [9.17, 15) is 9.59 Å². The van der Waals surface area contributed by atoms with Crippen LogP contribution < -0.4 is 19.7 Å². The van der Waals surface area contributed by atoms with E-state index in [4.69, 9.17) is 21.7 Å². The summed E-state index contributed by atoms with van der Waals surface area (Å²) in [5.74, 6) is 0.460. The lowest BCUT2D eigenvalue weighted by atomic mass is 10.1. The fourth-order valence-corrected chi connectivity index (χ4v) is 5.08. The standard InChI is InChI=1S/C28H26N2O4S2/c1-4-20-9-5-6-11-22(20)29-26(31)17-34-23-13-12-19(15-24(23)33-3)16-25-27(32)30(28(35)36-25)21-10-7-8-18(2)14-21/h5-16H,4,17H2,1-3H3,(H,29,31)/b25-16-. The molecule has 0 aliphatic carbocycles. The summed E-state index contributed by atoms with van der Waals surface area (Å²) in [4.78, 5) is 27.6. The summed E-state index contributed by atoms with van der Waals surface area (Å²) in [6, 6.07) is 20.6. The molecule has 1 N–H and O–H groups in total. The molecule has 0 atom stereocenters. The van der Waals surface area contributed by atoms with Crippen molar-refractivity contribution in [1.82, 2.24) is 0 Å². The first kappa shape index (κ1) is 25.5. The van der Waals surface area contributed by atoms with Crippen molar-refractivity contribution in [3.05, 3.63) is 88.3 Å². The smallest absolute Gasteiger partial charge is 0.270 e. The molecule has 0 unspecified atom stereocenters. The lowest BCUT2D eigenvalue weighted by Crippen LogP contribution is -2.27. The molecule has 0 aromatic heterocycles. The molecule has 1 saturated heterocycles. The van der Waals surface area contributed by atoms with Crippen LogP contribution in [0, 0.1) is 6.92 Å². The van der Waals surface area contributed by atoms with Crippen molar-refractivity contribution in [2.75, 3.05) is 23.9 Å². The second-order valence-corrected chi connectivity index (χ2v) is 9.79. The van der Waals surface area contributed by atoms with Gasteiger partial charge in [-0.2, -0.15) is 0 Å². The zero-order valence-corrected chi connectivity index (χ0v) is 21.9. The molecule has 184 valence electrons. The van der Waals surface area contributed by atoms with Crippen LogP contribution in [-0.4, -0.2) is 29.9 Å². The van der Waals surface area contributed by atoms with Crippen LogP contribution in [0.3, 0.4) is 0 Å². The van der Waals surface area contributed by atoms with E-state index in [0.717, 1.165) is 34.5 Å². The topological polar surface area (TPSA) is 67.9 Å². The number of rotatable bonds is 8. The van der Waals surface area contributed by atoms with E-state index in [-0.39, 0.29) is 18.4 Å². The predicted octanol–water partition coefficient (Wildman–Crippen LogP) is 5.99. The molecule has 3 aromatic rings. The molecular weight excluding hydrogens is 492 g/mol. The maximum Gasteiger partial charge on any atom is 0.270 e. The molecule has 4 rings (SSSR count). The molecule has 8 heteroatoms. The fraction of sp³-hybridized carbons (Fsp3) is 0.179. The van der Waals surface area contributed by atoms with Gasteiger partial charge in [0.2, 0.25) is 0 Å². The number of benzene rings is 3. The minimum absolute atomic E-state index is 0.164. The number of hydrogen-bond donors (Lipinski definition) is 1. The molecule has 2 amide bonds. The molecule has 6 nitrogen and oxygen atoms in total. The molecule has 1 fully saturated rings. The van der Waals surface area contributed by atoms with E-state index in [1.807, 2.05) is 62.4 Å². The zero-order valence-electron chi connectivity index (χ0n) is 20.2. The first-order valence-electron chi connectivity index (χ1n) is 11.4. The molecule has 1 aliphatic heterocycles. The number of amides is 2. The summed E-state index contributed by atoms with van der Waals surface area (Å²) in [5.41, 5.74) is 4.39. The number of thiocarbonyl (C=S) groups is 1. The second kappa shape index (κ2) is 11.4. The van der Waals surface area contributed by atoms with E-state index >= 15 is 0 Å². The van der Waals surface area contributed by atoms with Crippen LogP contribution in [0.5, 0.6) is 11.5 Å². The molecular formula is C28H26N2O4S2. The lowest BCUT2D eigenvalue weighted by Gasteiger charge is -2.15. The number of carbonyl (C=O) groups excluding carboxylic acids is 2. The Labute approximate surface area is 220 Å². The van der Waals surface area contributed by atoms with Crippen molar-refractivity contribution in [1.29, 1.82) is 0 Å². The van der Waals surface area contributed by atoms with Crippen molar-refractivity contribution >= 4 is 57.6 Å². The van der Waals surface area contributed by atoms with E-state index in [1.165, 1.54) is 18.9 Å². The van der Waals surface area contributed by atoms with Gasteiger partial charge in [0, 0.05) is 5.69 Å². The molecule has 0 radical (unpaired) electrons. The average Bonchev–Trinajstić information content (AvgIpc) is 3.15. The number of nitrogens with zero attached hydrogens (tertiary/aromatic N) is 1. The first-order chi connectivity index (χ1) is 17.4. The van der Waals surface area contributed by atoms with Crippen molar-refractivity contribution in [2.24, 2.45) is 0 Å². The quantitative estimate of drug-likeness (QED) is 0.292. The Morgan fingerprint density at radius 2 is 1.89 bits per heavy atom. The summed E-state index contributed by atoms with van der Waals surface area (Å²) in [5, 5.41) is 2.89. The molecule has 3 aromatic carbocycles. The Morgan fingerprint density at radius 1 is 1.08 bits per heavy atom. The van der Waals surface area contributed by atoms with Gasteiger partial charge in [0.25, 0.3) is 11.8 Å². The monoisotopic (exact) mass is 518 g/mol. The summed E-state index contributed by atoms with van der Waals surface area (Å²) >= 11 is 6.73. The second-order valence-electron chi connectivity index (χ2n) is 8.11. The number of carbonyl (C=O) groups is 2. The molecule has 1 heterocycles. The molecule has 36 heavy (non-hydrogen) atoms. The number of thioether (sulfide) groups is 1. The van der Waals surface area contributed by atoms with Crippen molar-refractivity contribution in [2.45, 2.75) is 20.3 Å². The lowest BCUT2D eigenvalue weighted by molar-refractivity contribution is -0.118. The van der Waals surface area contributed by atoms with Crippen LogP contribution in [0.15, 0.2) is 71.6 Å². The number of aryl methyl sites for hydroxylation is 2. The van der Waals surface area contributed by atoms with E-state index in [0.29, 0.717) is 20.7 Å². The highest BCUT2D eigenvalue weighted by atomic mass is 32.2. The largest absolute Gasteiger partial charge is 0.493 e. The van der Waals surface area contributed by atoms with Crippen molar-refractivity contribution in [3.63, 3.8) is 0 Å². The summed E-state index contributed by atoms with van der Waals surface area (Å²) < 4.78 is 11.7. The van der Waals surface area contributed by atoms with Crippen molar-refractivity contribution < 1.29 is 19.1 Å². The SMILES string of the molecule is CCc1ccccc1NC(=O)COc1ccc(/C=C2\SC(=S)N(c3cccc(C)c3)C2=O)cc1OC. The predicted molar refractivity (Wildman–Crippen MR) is 150 cm³/mol. The highest BCUT2D eigenvalue weighted by Crippen LogP contribution is 2.37. The first-order valence-corrected chi connectivity index (χ1v) is 12.6. The Morgan fingerprint density at radius 3 is 2.64 bits per heavy atom. The van der Waals surface area contributed by atoms with Gasteiger partial charge in [0.05, 0.1) is 17.7 Å². The molecule has 0 saturated carbocycles. The fourth-order valence-electron chi connectivity index (χ4n) is 3.78. The summed E-state index contributed by atoms with van der Waals surface area (Å²) in [6.45, 7) is 3.85. The number of ether oxygens (including phenoxy) is 2. The number of hydrogen-bond acceptors (Lipinski definition) is 6. The number of para-hydroxylation sites is 1. The van der Waals surface area contributed by atoms with Gasteiger partial charge in [0.15, 0.2) is 22.4 Å². The Bertz CT molecular complexity index is 1350. The normalized spacial score (nSPS) is 14.3. The number of anilines is 2. The average molecular weight is 519 g/mol. The minimum atomic E-state index is -0.262. The summed E-state index contributed by atoms with van der Waals surface area (Å²) in [6.07, 6.45) is 2.59. The van der Waals surface area contributed by atoms with Crippen LogP contribution in [0.2, 0.25) is 0 Å². The Kier molecular flexibility index (Phi) is 8.07. The number of nitrogens with one attached hydrogen (secondary N) is 1. The molecule has 0 spiro atoms. The van der Waals surface area contributed by atoms with E-state index in [1.54, 1.807) is 29.2 Å². The van der Waals surface area contributed by atoms with Gasteiger partial charge in [-0.05, 0) is 66.4 Å². The van der Waals surface area contributed by atoms with Crippen LogP contribution in [0.25, 0.3) is 6.08 Å². The van der Waals surface area contributed by atoms with E-state index in [2.05, 4.69) is 5.32 Å². The number of methoxy groups -OCH3 is 1. The third kappa shape index (κ3) is 5.78. The maximum absolute atomic E-state index is 13.1. The Hall–Kier alpha value is -3.62. The van der Waals surface area contributed by atoms with Gasteiger partial charge in [0.1, 0.15) is 0 Å². The van der Waals surface area contributed by atoms with Crippen LogP contribution in [0.4, 0.5) is 11.4 Å². The van der Waals surface area contributed by atoms with Gasteiger partial charge in [-0.15, -0.1) is 0 Å². The Balaban J connectivity index is 1.45. The van der Waals surface area contributed by atoms with Gasteiger partial charge in [-0.3, -0.25) is 14.5 Å². The third-order valence-electron chi connectivity index (χ3n) is 5.57. The highest BCUT2D eigenvalue weighted by molar-refractivity contribution is 8.27. The van der Waals surface area contributed by atoms with E-state index < -0.39 is 0 Å². The van der Waals surface area contributed by atoms with Crippen LogP contribution >= 0.6 is 24.0 Å². The summed E-state index contributed by atoms with van der Waals surface area (Å²) in [7, 11) is 1.53. The van der Waals surface area contributed by atoms with Gasteiger partial charge in [-0.25, -0.2) is 0 Å². The van der Waals surface area contributed by atoms with Gasteiger partial charge < -0.3 is 14.8 Å². The van der Waals surface area contributed by atoms with Crippen molar-refractivity contribution in [3.8, 4) is 11.5 Å². The zero-order chi connectivity index (χ0) is 25.7.